The highest BCUT2D eigenvalue weighted by molar-refractivity contribution is 5.94. The van der Waals surface area contributed by atoms with Crippen LogP contribution < -0.4 is 0 Å². The Bertz CT molecular complexity index is 249. The van der Waals surface area contributed by atoms with Gasteiger partial charge in [-0.1, -0.05) is 18.7 Å². The van der Waals surface area contributed by atoms with Gasteiger partial charge >= 0.3 is 5.97 Å². The molecular formula is C9H11NO2. The maximum Gasteiger partial charge on any atom is 0.335 e. The number of nitrogens with zero attached hydrogens (tertiary/aromatic N) is 1. The average Bonchev–Trinajstić information content (AvgIpc) is 2.04. The Kier molecular flexibility index (Phi) is 5.26. The third-order valence-electron chi connectivity index (χ3n) is 1.06. The summed E-state index contributed by atoms with van der Waals surface area (Å²) < 4.78 is 0. The fourth-order valence-corrected chi connectivity index (χ4v) is 0.525. The molecule has 0 saturated carbocycles. The molecule has 3 heteroatoms. The lowest BCUT2D eigenvalue weighted by molar-refractivity contribution is -0.132. The number of aliphatic carboxylic acids is 1. The molecule has 0 atom stereocenters. The Morgan fingerprint density at radius 3 is 2.67 bits per heavy atom. The molecule has 0 rings (SSSR count). The van der Waals surface area contributed by atoms with E-state index in [-0.39, 0.29) is 5.57 Å². The van der Waals surface area contributed by atoms with Crippen molar-refractivity contribution >= 4 is 12.2 Å². The van der Waals surface area contributed by atoms with Gasteiger partial charge in [0.25, 0.3) is 0 Å². The van der Waals surface area contributed by atoms with Gasteiger partial charge in [-0.15, -0.1) is 0 Å². The molecule has 0 aromatic heterocycles. The van der Waals surface area contributed by atoms with Crippen LogP contribution in [0.2, 0.25) is 0 Å². The van der Waals surface area contributed by atoms with Crippen LogP contribution in [0.3, 0.4) is 0 Å². The molecule has 0 aromatic rings. The van der Waals surface area contributed by atoms with Gasteiger partial charge in [0.2, 0.25) is 0 Å². The van der Waals surface area contributed by atoms with Gasteiger partial charge in [-0.05, 0) is 12.2 Å². The van der Waals surface area contributed by atoms with Gasteiger partial charge in [0.1, 0.15) is 0 Å². The Morgan fingerprint density at radius 2 is 2.25 bits per heavy atom. The fraction of sp³-hybridized carbons (Fsp3) is 0.111. The smallest absolute Gasteiger partial charge is 0.335 e. The number of hydrogen-bond donors (Lipinski definition) is 1. The Hall–Kier alpha value is -1.64. The lowest BCUT2D eigenvalue weighted by Gasteiger charge is -1.89. The van der Waals surface area contributed by atoms with Crippen molar-refractivity contribution in [3.63, 3.8) is 0 Å². The minimum Gasteiger partial charge on any atom is -0.478 e. The number of carbonyl (C=O) groups is 1. The van der Waals surface area contributed by atoms with E-state index in [0.717, 1.165) is 0 Å². The highest BCUT2D eigenvalue weighted by Crippen LogP contribution is 1.95. The van der Waals surface area contributed by atoms with Crippen molar-refractivity contribution in [1.82, 2.24) is 0 Å². The second-order valence-electron chi connectivity index (χ2n) is 1.93. The number of hydrogen-bond acceptors (Lipinski definition) is 2. The summed E-state index contributed by atoms with van der Waals surface area (Å²) in [6.07, 6.45) is 7.37. The number of aliphatic imine (C=N–C) groups is 1. The van der Waals surface area contributed by atoms with Gasteiger partial charge in [0.05, 0.1) is 5.57 Å². The minimum absolute atomic E-state index is 0.181. The summed E-state index contributed by atoms with van der Waals surface area (Å²) in [4.78, 5) is 14.1. The summed E-state index contributed by atoms with van der Waals surface area (Å²) >= 11 is 0. The van der Waals surface area contributed by atoms with E-state index in [1.807, 2.05) is 0 Å². The van der Waals surface area contributed by atoms with Crippen LogP contribution in [0.25, 0.3) is 0 Å². The molecule has 0 fully saturated rings. The van der Waals surface area contributed by atoms with E-state index in [1.165, 1.54) is 24.4 Å². The van der Waals surface area contributed by atoms with Crippen molar-refractivity contribution in [2.24, 2.45) is 4.99 Å². The zero-order valence-electron chi connectivity index (χ0n) is 6.90. The summed E-state index contributed by atoms with van der Waals surface area (Å²) in [6.45, 7) is 3.43. The Labute approximate surface area is 71.4 Å². The standard InChI is InChI=1S/C9H11NO2/c1-3-4-5-8(9(11)12)6-7-10-2/h3-7H,1H2,2H3,(H,11,12)/b5-4-,8-6+,10-7+. The molecule has 0 aromatic carbocycles. The number of carboxylic acid groups (broad SMARTS) is 1. The molecule has 0 bridgehead atoms. The van der Waals surface area contributed by atoms with Crippen molar-refractivity contribution in [3.05, 3.63) is 36.5 Å². The van der Waals surface area contributed by atoms with E-state index < -0.39 is 5.97 Å². The predicted molar refractivity (Wildman–Crippen MR) is 49.5 cm³/mol. The Balaban J connectivity index is 4.54. The third kappa shape index (κ3) is 4.22. The first-order valence-corrected chi connectivity index (χ1v) is 3.37. The van der Waals surface area contributed by atoms with Crippen molar-refractivity contribution in [3.8, 4) is 0 Å². The van der Waals surface area contributed by atoms with E-state index >= 15 is 0 Å². The van der Waals surface area contributed by atoms with E-state index in [2.05, 4.69) is 11.6 Å². The topological polar surface area (TPSA) is 49.7 Å². The molecule has 0 heterocycles. The highest BCUT2D eigenvalue weighted by Gasteiger charge is 1.99. The zero-order valence-corrected chi connectivity index (χ0v) is 6.90. The molecule has 0 aliphatic rings. The van der Waals surface area contributed by atoms with Crippen molar-refractivity contribution in [2.45, 2.75) is 0 Å². The van der Waals surface area contributed by atoms with Gasteiger partial charge in [-0.25, -0.2) is 4.79 Å². The van der Waals surface area contributed by atoms with Gasteiger partial charge in [-0.3, -0.25) is 4.99 Å². The summed E-state index contributed by atoms with van der Waals surface area (Å²) in [7, 11) is 1.58. The molecule has 0 saturated heterocycles. The van der Waals surface area contributed by atoms with Crippen molar-refractivity contribution in [1.29, 1.82) is 0 Å². The second-order valence-corrected chi connectivity index (χ2v) is 1.93. The largest absolute Gasteiger partial charge is 0.478 e. The number of allylic oxidation sites excluding steroid dienone is 3. The zero-order chi connectivity index (χ0) is 9.40. The van der Waals surface area contributed by atoms with Crippen LogP contribution in [0, 0.1) is 0 Å². The van der Waals surface area contributed by atoms with Crippen LogP contribution in [0.1, 0.15) is 0 Å². The first-order valence-electron chi connectivity index (χ1n) is 3.37. The summed E-state index contributed by atoms with van der Waals surface area (Å²) in [5, 5.41) is 8.61. The molecule has 64 valence electrons. The van der Waals surface area contributed by atoms with Gasteiger partial charge in [0, 0.05) is 13.3 Å². The molecule has 1 N–H and O–H groups in total. The predicted octanol–water partition coefficient (Wildman–Crippen LogP) is 1.44. The maximum absolute atomic E-state index is 10.5. The first kappa shape index (κ1) is 10.4. The lowest BCUT2D eigenvalue weighted by Crippen LogP contribution is -1.97. The first-order chi connectivity index (χ1) is 5.72. The fourth-order valence-electron chi connectivity index (χ4n) is 0.525. The minimum atomic E-state index is -0.979. The van der Waals surface area contributed by atoms with E-state index in [1.54, 1.807) is 13.1 Å². The summed E-state index contributed by atoms with van der Waals surface area (Å²) in [6, 6.07) is 0. The normalized spacial score (nSPS) is 12.6. The van der Waals surface area contributed by atoms with E-state index in [9.17, 15) is 4.79 Å². The molecule has 12 heavy (non-hydrogen) atoms. The Morgan fingerprint density at radius 1 is 1.58 bits per heavy atom. The SMILES string of the molecule is C=C\C=C/C(=C\C=N\C)C(=O)O. The van der Waals surface area contributed by atoms with Crippen molar-refractivity contribution in [2.75, 3.05) is 7.05 Å². The monoisotopic (exact) mass is 165 g/mol. The molecule has 0 amide bonds. The molecule has 3 nitrogen and oxygen atoms in total. The number of rotatable bonds is 4. The number of carboxylic acids is 1. The molecule has 0 aliphatic heterocycles. The molecule has 0 unspecified atom stereocenters. The van der Waals surface area contributed by atoms with Gasteiger partial charge < -0.3 is 5.11 Å². The van der Waals surface area contributed by atoms with Gasteiger partial charge in [-0.2, -0.15) is 0 Å². The molecule has 0 spiro atoms. The lowest BCUT2D eigenvalue weighted by atomic mass is 10.2. The van der Waals surface area contributed by atoms with Crippen LogP contribution in [0.15, 0.2) is 41.4 Å². The van der Waals surface area contributed by atoms with Crippen LogP contribution in [-0.4, -0.2) is 24.3 Å². The van der Waals surface area contributed by atoms with Gasteiger partial charge in [0.15, 0.2) is 0 Å². The third-order valence-corrected chi connectivity index (χ3v) is 1.06. The summed E-state index contributed by atoms with van der Waals surface area (Å²) in [5.74, 6) is -0.979. The van der Waals surface area contributed by atoms with Crippen LogP contribution >= 0.6 is 0 Å². The molecule has 0 aliphatic carbocycles. The second kappa shape index (κ2) is 6.09. The van der Waals surface area contributed by atoms with E-state index in [0.29, 0.717) is 0 Å². The highest BCUT2D eigenvalue weighted by atomic mass is 16.4. The van der Waals surface area contributed by atoms with Crippen molar-refractivity contribution < 1.29 is 9.90 Å². The van der Waals surface area contributed by atoms with Crippen LogP contribution in [0.4, 0.5) is 0 Å². The summed E-state index contributed by atoms with van der Waals surface area (Å²) in [5.41, 5.74) is 0.181. The van der Waals surface area contributed by atoms with Crippen LogP contribution in [-0.2, 0) is 4.79 Å². The van der Waals surface area contributed by atoms with Crippen LogP contribution in [0.5, 0.6) is 0 Å². The average molecular weight is 165 g/mol. The molecular weight excluding hydrogens is 154 g/mol. The maximum atomic E-state index is 10.5. The van der Waals surface area contributed by atoms with E-state index in [4.69, 9.17) is 5.11 Å². The quantitative estimate of drug-likeness (QED) is 0.389. The molecule has 0 radical (unpaired) electrons.